The van der Waals surface area contributed by atoms with Gasteiger partial charge in [-0.15, -0.1) is 0 Å². The molecule has 1 aromatic rings. The van der Waals surface area contributed by atoms with E-state index in [-0.39, 0.29) is 5.48 Å². The highest BCUT2D eigenvalue weighted by Gasteiger charge is 1.98. The molecule has 0 amide bonds. The lowest BCUT2D eigenvalue weighted by Crippen LogP contribution is -2.03. The second-order valence-corrected chi connectivity index (χ2v) is 2.37. The highest BCUT2D eigenvalue weighted by atomic mass is 16.0. The minimum atomic E-state index is 0. The molecule has 0 aliphatic carbocycles. The van der Waals surface area contributed by atoms with Gasteiger partial charge in [0.15, 0.2) is 0 Å². The van der Waals surface area contributed by atoms with Crippen LogP contribution in [0, 0.1) is 0 Å². The monoisotopic (exact) mass is 149 g/mol. The summed E-state index contributed by atoms with van der Waals surface area (Å²) in [6, 6.07) is 8.30. The van der Waals surface area contributed by atoms with E-state index in [1.54, 1.807) is 0 Å². The molecule has 0 spiro atoms. The number of benzene rings is 1. The third-order valence-electron chi connectivity index (χ3n) is 1.67. The molecule has 2 heteroatoms. The Morgan fingerprint density at radius 1 is 1.18 bits per heavy atom. The van der Waals surface area contributed by atoms with Crippen molar-refractivity contribution in [3.05, 3.63) is 35.9 Å². The molecule has 0 aromatic heterocycles. The molecule has 0 saturated heterocycles. The first-order valence-corrected chi connectivity index (χ1v) is 3.46. The largest absolute Gasteiger partial charge is 0.412 e. The first kappa shape index (κ1) is 7.82. The molecular weight excluding hydrogens is 138 g/mol. The van der Waals surface area contributed by atoms with Gasteiger partial charge in [-0.2, -0.15) is 0 Å². The van der Waals surface area contributed by atoms with E-state index in [2.05, 4.69) is 35.7 Å². The van der Waals surface area contributed by atoms with Crippen molar-refractivity contribution in [2.24, 2.45) is 0 Å². The lowest BCUT2D eigenvalue weighted by molar-refractivity contribution is 0.824. The van der Waals surface area contributed by atoms with Crippen molar-refractivity contribution in [1.82, 2.24) is 0 Å². The Balaban J connectivity index is 0.000000605. The minimum Gasteiger partial charge on any atom is -0.412 e. The summed E-state index contributed by atoms with van der Waals surface area (Å²) in [4.78, 5) is 0. The van der Waals surface area contributed by atoms with Crippen molar-refractivity contribution in [1.29, 1.82) is 0 Å². The van der Waals surface area contributed by atoms with Gasteiger partial charge in [-0.3, -0.25) is 0 Å². The second-order valence-electron chi connectivity index (χ2n) is 2.37. The van der Waals surface area contributed by atoms with Crippen molar-refractivity contribution in [3.63, 3.8) is 0 Å². The summed E-state index contributed by atoms with van der Waals surface area (Å²) in [5, 5.41) is 3.28. The molecule has 2 nitrogen and oxygen atoms in total. The van der Waals surface area contributed by atoms with Gasteiger partial charge in [-0.05, 0) is 11.6 Å². The molecule has 2 rings (SSSR count). The fraction of sp³-hybridized carbons (Fsp3) is 0.111. The summed E-state index contributed by atoms with van der Waals surface area (Å²) < 4.78 is 0. The predicted octanol–water partition coefficient (Wildman–Crippen LogP) is 1.30. The van der Waals surface area contributed by atoms with E-state index in [1.165, 1.54) is 11.3 Å². The minimum absolute atomic E-state index is 0. The van der Waals surface area contributed by atoms with Crippen molar-refractivity contribution in [2.75, 3.05) is 11.9 Å². The van der Waals surface area contributed by atoms with Crippen LogP contribution in [0.25, 0.3) is 6.08 Å². The van der Waals surface area contributed by atoms with Crippen LogP contribution in [0.5, 0.6) is 0 Å². The van der Waals surface area contributed by atoms with E-state index in [9.17, 15) is 0 Å². The SMILES string of the molecule is C1=Cc2ccccc2NC1.O. The Morgan fingerprint density at radius 2 is 2.00 bits per heavy atom. The number of fused-ring (bicyclic) bond motifs is 1. The molecule has 3 N–H and O–H groups in total. The van der Waals surface area contributed by atoms with Crippen molar-refractivity contribution >= 4 is 11.8 Å². The van der Waals surface area contributed by atoms with E-state index >= 15 is 0 Å². The Labute approximate surface area is 65.9 Å². The number of hydrogen-bond donors (Lipinski definition) is 1. The highest BCUT2D eigenvalue weighted by Crippen LogP contribution is 2.18. The molecule has 1 heterocycles. The van der Waals surface area contributed by atoms with Crippen LogP contribution in [0.2, 0.25) is 0 Å². The quantitative estimate of drug-likeness (QED) is 0.593. The lowest BCUT2D eigenvalue weighted by Gasteiger charge is -2.11. The van der Waals surface area contributed by atoms with Gasteiger partial charge in [0.25, 0.3) is 0 Å². The van der Waals surface area contributed by atoms with Crippen LogP contribution in [-0.2, 0) is 0 Å². The van der Waals surface area contributed by atoms with Crippen molar-refractivity contribution in [2.45, 2.75) is 0 Å². The normalized spacial score (nSPS) is 12.7. The summed E-state index contributed by atoms with van der Waals surface area (Å²) in [5.74, 6) is 0. The van der Waals surface area contributed by atoms with Crippen LogP contribution in [0.1, 0.15) is 5.56 Å². The van der Waals surface area contributed by atoms with E-state index in [0.717, 1.165) is 6.54 Å². The maximum absolute atomic E-state index is 3.28. The molecule has 1 aliphatic rings. The summed E-state index contributed by atoms with van der Waals surface area (Å²) in [5.41, 5.74) is 2.53. The molecular formula is C9H11NO. The molecule has 0 bridgehead atoms. The first-order chi connectivity index (χ1) is 4.97. The van der Waals surface area contributed by atoms with Crippen molar-refractivity contribution in [3.8, 4) is 0 Å². The van der Waals surface area contributed by atoms with Crippen LogP contribution in [0.15, 0.2) is 30.3 Å². The number of para-hydroxylation sites is 1. The second kappa shape index (κ2) is 3.21. The molecule has 11 heavy (non-hydrogen) atoms. The zero-order chi connectivity index (χ0) is 6.81. The summed E-state index contributed by atoms with van der Waals surface area (Å²) >= 11 is 0. The van der Waals surface area contributed by atoms with Crippen molar-refractivity contribution < 1.29 is 5.48 Å². The fourth-order valence-electron chi connectivity index (χ4n) is 1.16. The van der Waals surface area contributed by atoms with E-state index < -0.39 is 0 Å². The first-order valence-electron chi connectivity index (χ1n) is 3.46. The summed E-state index contributed by atoms with van der Waals surface area (Å²) in [7, 11) is 0. The standard InChI is InChI=1S/C9H9N.H2O/c1-2-6-9-8(4-1)5-3-7-10-9;/h1-6,10H,7H2;1H2. The van der Waals surface area contributed by atoms with Gasteiger partial charge < -0.3 is 10.8 Å². The molecule has 58 valence electrons. The Hall–Kier alpha value is -1.28. The molecule has 1 aromatic carbocycles. The maximum atomic E-state index is 3.28. The van der Waals surface area contributed by atoms with Gasteiger partial charge in [0.1, 0.15) is 0 Å². The third-order valence-corrected chi connectivity index (χ3v) is 1.67. The fourth-order valence-corrected chi connectivity index (χ4v) is 1.16. The topological polar surface area (TPSA) is 43.5 Å². The third kappa shape index (κ3) is 1.41. The van der Waals surface area contributed by atoms with Crippen LogP contribution in [-0.4, -0.2) is 12.0 Å². The predicted molar refractivity (Wildman–Crippen MR) is 47.6 cm³/mol. The Morgan fingerprint density at radius 3 is 2.82 bits per heavy atom. The summed E-state index contributed by atoms with van der Waals surface area (Å²) in [6.07, 6.45) is 4.27. The summed E-state index contributed by atoms with van der Waals surface area (Å²) in [6.45, 7) is 0.955. The van der Waals surface area contributed by atoms with Gasteiger partial charge >= 0.3 is 0 Å². The van der Waals surface area contributed by atoms with Gasteiger partial charge in [-0.25, -0.2) is 0 Å². The van der Waals surface area contributed by atoms with Gasteiger partial charge in [0.05, 0.1) is 0 Å². The van der Waals surface area contributed by atoms with Crippen LogP contribution in [0.4, 0.5) is 5.69 Å². The Kier molecular flexibility index (Phi) is 2.28. The van der Waals surface area contributed by atoms with E-state index in [4.69, 9.17) is 0 Å². The van der Waals surface area contributed by atoms with Gasteiger partial charge in [0.2, 0.25) is 0 Å². The number of rotatable bonds is 0. The highest BCUT2D eigenvalue weighted by molar-refractivity contribution is 5.69. The van der Waals surface area contributed by atoms with E-state index in [0.29, 0.717) is 0 Å². The molecule has 0 radical (unpaired) electrons. The molecule has 0 unspecified atom stereocenters. The van der Waals surface area contributed by atoms with Gasteiger partial charge in [-0.1, -0.05) is 30.4 Å². The van der Waals surface area contributed by atoms with Crippen LogP contribution < -0.4 is 5.32 Å². The molecule has 0 atom stereocenters. The lowest BCUT2D eigenvalue weighted by atomic mass is 10.1. The maximum Gasteiger partial charge on any atom is 0.0416 e. The zero-order valence-corrected chi connectivity index (χ0v) is 6.17. The Bertz CT molecular complexity index is 268. The zero-order valence-electron chi connectivity index (χ0n) is 6.17. The number of nitrogens with one attached hydrogen (secondary N) is 1. The molecule has 0 saturated carbocycles. The van der Waals surface area contributed by atoms with Crippen LogP contribution >= 0.6 is 0 Å². The van der Waals surface area contributed by atoms with Gasteiger partial charge in [0, 0.05) is 12.2 Å². The molecule has 0 fully saturated rings. The average molecular weight is 149 g/mol. The van der Waals surface area contributed by atoms with Crippen LogP contribution in [0.3, 0.4) is 0 Å². The van der Waals surface area contributed by atoms with E-state index in [1.807, 2.05) is 6.07 Å². The average Bonchev–Trinajstić information content (AvgIpc) is 2.05. The number of anilines is 1. The molecule has 1 aliphatic heterocycles. The smallest absolute Gasteiger partial charge is 0.0416 e. The number of hydrogen-bond acceptors (Lipinski definition) is 1.